The van der Waals surface area contributed by atoms with Crippen LogP contribution in [0.4, 0.5) is 0 Å². The molecular weight excluding hydrogens is 286 g/mol. The second-order valence-corrected chi connectivity index (χ2v) is 5.22. The molecule has 0 N–H and O–H groups in total. The number of esters is 1. The fourth-order valence-corrected chi connectivity index (χ4v) is 2.37. The predicted molar refractivity (Wildman–Crippen MR) is 76.0 cm³/mol. The van der Waals surface area contributed by atoms with Crippen LogP contribution in [-0.2, 0) is 14.3 Å². The maximum atomic E-state index is 11.7. The van der Waals surface area contributed by atoms with Crippen molar-refractivity contribution in [2.45, 2.75) is 17.7 Å². The Kier molecular flexibility index (Phi) is 7.36. The molecule has 0 fully saturated rings. The number of halogens is 1. The van der Waals surface area contributed by atoms with E-state index in [1.165, 1.54) is 18.9 Å². The van der Waals surface area contributed by atoms with E-state index in [4.69, 9.17) is 11.8 Å². The van der Waals surface area contributed by atoms with Gasteiger partial charge in [-0.3, -0.25) is 14.0 Å². The summed E-state index contributed by atoms with van der Waals surface area (Å²) in [4.78, 5) is 23.6. The first-order chi connectivity index (χ1) is 9.13. The van der Waals surface area contributed by atoms with Gasteiger partial charge in [-0.2, -0.15) is 0 Å². The fraction of sp³-hybridized carbons (Fsp3) is 0.385. The van der Waals surface area contributed by atoms with Gasteiger partial charge < -0.3 is 4.74 Å². The SMILES string of the molecule is COC(=O)CCCN(Cl)C(=O)CSc1ccccc1. The second-order valence-electron chi connectivity index (χ2n) is 3.76. The van der Waals surface area contributed by atoms with Crippen LogP contribution in [0.2, 0.25) is 0 Å². The van der Waals surface area contributed by atoms with Crippen molar-refractivity contribution >= 4 is 35.4 Å². The van der Waals surface area contributed by atoms with Gasteiger partial charge in [-0.1, -0.05) is 18.2 Å². The highest BCUT2D eigenvalue weighted by atomic mass is 35.5. The molecule has 104 valence electrons. The summed E-state index contributed by atoms with van der Waals surface area (Å²) in [5.74, 6) is -0.178. The molecule has 0 aliphatic heterocycles. The Morgan fingerprint density at radius 3 is 2.63 bits per heavy atom. The molecular formula is C13H16ClNO3S. The minimum Gasteiger partial charge on any atom is -0.469 e. The predicted octanol–water partition coefficient (Wildman–Crippen LogP) is 2.71. The Labute approximate surface area is 122 Å². The number of nitrogens with zero attached hydrogens (tertiary/aromatic N) is 1. The van der Waals surface area contributed by atoms with Crippen LogP contribution in [0.25, 0.3) is 0 Å². The van der Waals surface area contributed by atoms with Crippen molar-refractivity contribution in [1.82, 2.24) is 4.42 Å². The van der Waals surface area contributed by atoms with Crippen LogP contribution in [-0.4, -0.2) is 35.7 Å². The highest BCUT2D eigenvalue weighted by molar-refractivity contribution is 8.00. The molecule has 0 bridgehead atoms. The summed E-state index contributed by atoms with van der Waals surface area (Å²) in [7, 11) is 1.34. The zero-order valence-electron chi connectivity index (χ0n) is 10.7. The fourth-order valence-electron chi connectivity index (χ4n) is 1.32. The lowest BCUT2D eigenvalue weighted by Crippen LogP contribution is -2.24. The lowest BCUT2D eigenvalue weighted by molar-refractivity contribution is -0.141. The summed E-state index contributed by atoms with van der Waals surface area (Å²) in [5.41, 5.74) is 0. The Bertz CT molecular complexity index is 414. The standard InChI is InChI=1S/C13H16ClNO3S/c1-18-13(17)8-5-9-15(14)12(16)10-19-11-6-3-2-4-7-11/h2-4,6-7H,5,8-10H2,1H3. The Balaban J connectivity index is 2.23. The topological polar surface area (TPSA) is 46.6 Å². The van der Waals surface area contributed by atoms with Crippen LogP contribution in [0.1, 0.15) is 12.8 Å². The summed E-state index contributed by atoms with van der Waals surface area (Å²) in [6.07, 6.45) is 0.761. The van der Waals surface area contributed by atoms with Gasteiger partial charge in [0.1, 0.15) is 0 Å². The van der Waals surface area contributed by atoms with Crippen molar-refractivity contribution in [2.24, 2.45) is 0 Å². The van der Waals surface area contributed by atoms with E-state index in [2.05, 4.69) is 4.74 Å². The highest BCUT2D eigenvalue weighted by Gasteiger charge is 2.12. The smallest absolute Gasteiger partial charge is 0.305 e. The van der Waals surface area contributed by atoms with E-state index in [0.717, 1.165) is 9.31 Å². The molecule has 0 aromatic heterocycles. The molecule has 0 atom stereocenters. The van der Waals surface area contributed by atoms with E-state index in [-0.39, 0.29) is 24.1 Å². The molecule has 0 saturated heterocycles. The molecule has 1 aromatic rings. The van der Waals surface area contributed by atoms with Gasteiger partial charge >= 0.3 is 5.97 Å². The first-order valence-electron chi connectivity index (χ1n) is 5.84. The number of carbonyl (C=O) groups is 2. The molecule has 19 heavy (non-hydrogen) atoms. The quantitative estimate of drug-likeness (QED) is 0.441. The lowest BCUT2D eigenvalue weighted by atomic mass is 10.3. The molecule has 0 aliphatic rings. The zero-order chi connectivity index (χ0) is 14.1. The summed E-state index contributed by atoms with van der Waals surface area (Å²) < 4.78 is 5.63. The van der Waals surface area contributed by atoms with Crippen molar-refractivity contribution in [1.29, 1.82) is 0 Å². The van der Waals surface area contributed by atoms with Crippen molar-refractivity contribution in [2.75, 3.05) is 19.4 Å². The molecule has 0 saturated carbocycles. The number of amides is 1. The molecule has 0 unspecified atom stereocenters. The van der Waals surface area contributed by atoms with Gasteiger partial charge in [0.05, 0.1) is 12.9 Å². The van der Waals surface area contributed by atoms with Crippen molar-refractivity contribution in [3.63, 3.8) is 0 Å². The number of hydrogen-bond acceptors (Lipinski definition) is 4. The minimum absolute atomic E-state index is 0.166. The molecule has 0 spiro atoms. The summed E-state index contributed by atoms with van der Waals surface area (Å²) in [6, 6.07) is 9.64. The van der Waals surface area contributed by atoms with Crippen LogP contribution in [0.3, 0.4) is 0 Å². The van der Waals surface area contributed by atoms with E-state index in [0.29, 0.717) is 13.0 Å². The van der Waals surface area contributed by atoms with Gasteiger partial charge in [0.2, 0.25) is 5.91 Å². The van der Waals surface area contributed by atoms with Crippen LogP contribution in [0.15, 0.2) is 35.2 Å². The number of carbonyl (C=O) groups excluding carboxylic acids is 2. The van der Waals surface area contributed by atoms with Gasteiger partial charge in [0, 0.05) is 29.6 Å². The van der Waals surface area contributed by atoms with Crippen LogP contribution >= 0.6 is 23.5 Å². The largest absolute Gasteiger partial charge is 0.469 e. The van der Waals surface area contributed by atoms with E-state index < -0.39 is 0 Å². The third kappa shape index (κ3) is 6.50. The maximum Gasteiger partial charge on any atom is 0.305 e. The lowest BCUT2D eigenvalue weighted by Gasteiger charge is -2.13. The van der Waals surface area contributed by atoms with E-state index in [1.54, 1.807) is 0 Å². The number of rotatable bonds is 7. The molecule has 4 nitrogen and oxygen atoms in total. The number of methoxy groups -OCH3 is 1. The third-order valence-electron chi connectivity index (χ3n) is 2.34. The van der Waals surface area contributed by atoms with Crippen molar-refractivity contribution in [3.05, 3.63) is 30.3 Å². The van der Waals surface area contributed by atoms with E-state index in [1.807, 2.05) is 30.3 Å². The highest BCUT2D eigenvalue weighted by Crippen LogP contribution is 2.18. The summed E-state index contributed by atoms with van der Waals surface area (Å²) in [5, 5.41) is 0. The first-order valence-corrected chi connectivity index (χ1v) is 7.16. The van der Waals surface area contributed by atoms with Gasteiger partial charge in [-0.15, -0.1) is 11.8 Å². The van der Waals surface area contributed by atoms with Crippen molar-refractivity contribution < 1.29 is 14.3 Å². The normalized spacial score (nSPS) is 10.0. The molecule has 6 heteroatoms. The maximum absolute atomic E-state index is 11.7. The third-order valence-corrected chi connectivity index (χ3v) is 3.69. The number of thioether (sulfide) groups is 1. The van der Waals surface area contributed by atoms with E-state index >= 15 is 0 Å². The summed E-state index contributed by atoms with van der Waals surface area (Å²) >= 11 is 7.28. The molecule has 0 radical (unpaired) electrons. The Morgan fingerprint density at radius 1 is 1.32 bits per heavy atom. The summed E-state index contributed by atoms with van der Waals surface area (Å²) in [6.45, 7) is 0.338. The number of hydrogen-bond donors (Lipinski definition) is 0. The van der Waals surface area contributed by atoms with Gasteiger partial charge in [0.25, 0.3) is 0 Å². The average molecular weight is 302 g/mol. The van der Waals surface area contributed by atoms with Crippen LogP contribution in [0.5, 0.6) is 0 Å². The average Bonchev–Trinajstić information content (AvgIpc) is 2.45. The van der Waals surface area contributed by atoms with Gasteiger partial charge in [-0.05, 0) is 18.6 Å². The Hall–Kier alpha value is -1.20. The zero-order valence-corrected chi connectivity index (χ0v) is 12.2. The first kappa shape index (κ1) is 15.9. The Morgan fingerprint density at radius 2 is 2.00 bits per heavy atom. The molecule has 1 aromatic carbocycles. The second kappa shape index (κ2) is 8.82. The minimum atomic E-state index is -0.295. The van der Waals surface area contributed by atoms with Gasteiger partial charge in [-0.25, -0.2) is 0 Å². The molecule has 0 aliphatic carbocycles. The monoisotopic (exact) mass is 301 g/mol. The van der Waals surface area contributed by atoms with E-state index in [9.17, 15) is 9.59 Å². The molecule has 1 amide bonds. The van der Waals surface area contributed by atoms with Crippen molar-refractivity contribution in [3.8, 4) is 0 Å². The van der Waals surface area contributed by atoms with Gasteiger partial charge in [0.15, 0.2) is 0 Å². The molecule has 0 heterocycles. The molecule has 1 rings (SSSR count). The number of benzene rings is 1. The number of ether oxygens (including phenoxy) is 1. The van der Waals surface area contributed by atoms with Crippen LogP contribution < -0.4 is 0 Å². The van der Waals surface area contributed by atoms with Crippen LogP contribution in [0, 0.1) is 0 Å².